The van der Waals surface area contributed by atoms with Crippen LogP contribution in [-0.4, -0.2) is 51.7 Å². The van der Waals surface area contributed by atoms with Crippen LogP contribution in [0.25, 0.3) is 22.2 Å². The number of hydrogen-bond acceptors (Lipinski definition) is 3. The quantitative estimate of drug-likeness (QED) is 0.465. The zero-order valence-electron chi connectivity index (χ0n) is 21.8. The molecule has 2 aromatic carbocycles. The first-order chi connectivity index (χ1) is 17.9. The maximum absolute atomic E-state index is 14.2. The standard InChI is InChI=1S/C31H36N2O4/c1-19-17-32(18-20(2)37-19)30(34)26-16-15-23-24(31(35)36)13-14-25-27(21-9-5-3-6-10-21)28(33(26)29(23)25)22-11-7-4-8-12-22/h4,7-8,11-14,19-21,26H,3,5-6,9-10,15-18H2,1-2H3,(H,35,36)/t19-,20+,26?. The van der Waals surface area contributed by atoms with Crippen molar-refractivity contribution in [3.05, 3.63) is 59.2 Å². The summed E-state index contributed by atoms with van der Waals surface area (Å²) >= 11 is 0. The Balaban J connectivity index is 1.61. The molecule has 3 atom stereocenters. The first-order valence-corrected chi connectivity index (χ1v) is 13.9. The molecule has 1 aliphatic carbocycles. The molecular formula is C31H36N2O4. The first-order valence-electron chi connectivity index (χ1n) is 13.9. The van der Waals surface area contributed by atoms with E-state index < -0.39 is 5.97 Å². The summed E-state index contributed by atoms with van der Waals surface area (Å²) in [6, 6.07) is 13.9. The van der Waals surface area contributed by atoms with Crippen molar-refractivity contribution in [2.45, 2.75) is 83.0 Å². The van der Waals surface area contributed by atoms with Gasteiger partial charge < -0.3 is 19.3 Å². The van der Waals surface area contributed by atoms with Gasteiger partial charge in [-0.15, -0.1) is 0 Å². The predicted molar refractivity (Wildman–Crippen MR) is 144 cm³/mol. The molecule has 1 N–H and O–H groups in total. The summed E-state index contributed by atoms with van der Waals surface area (Å²) in [5.41, 5.74) is 5.71. The highest BCUT2D eigenvalue weighted by atomic mass is 16.5. The van der Waals surface area contributed by atoms with E-state index >= 15 is 0 Å². The molecular weight excluding hydrogens is 464 g/mol. The lowest BCUT2D eigenvalue weighted by atomic mass is 9.81. The third-order valence-corrected chi connectivity index (χ3v) is 8.60. The van der Waals surface area contributed by atoms with Crippen LogP contribution < -0.4 is 0 Å². The average molecular weight is 501 g/mol. The fourth-order valence-corrected chi connectivity index (χ4v) is 7.17. The molecule has 2 aliphatic heterocycles. The van der Waals surface area contributed by atoms with Crippen LogP contribution in [0.3, 0.4) is 0 Å². The van der Waals surface area contributed by atoms with Gasteiger partial charge in [-0.1, -0.05) is 55.7 Å². The lowest BCUT2D eigenvalue weighted by Gasteiger charge is -2.39. The number of amides is 1. The highest BCUT2D eigenvalue weighted by Crippen LogP contribution is 2.49. The number of aromatic carboxylic acids is 1. The molecule has 1 unspecified atom stereocenters. The molecule has 2 fully saturated rings. The fraction of sp³-hybridized carbons (Fsp3) is 0.484. The number of benzene rings is 2. The van der Waals surface area contributed by atoms with Crippen LogP contribution in [0.4, 0.5) is 0 Å². The summed E-state index contributed by atoms with van der Waals surface area (Å²) in [6.45, 7) is 5.22. The van der Waals surface area contributed by atoms with Gasteiger partial charge in [0.15, 0.2) is 0 Å². The van der Waals surface area contributed by atoms with Gasteiger partial charge in [0.2, 0.25) is 5.91 Å². The predicted octanol–water partition coefficient (Wildman–Crippen LogP) is 6.18. The molecule has 6 heteroatoms. The van der Waals surface area contributed by atoms with Gasteiger partial charge in [-0.25, -0.2) is 4.79 Å². The SMILES string of the molecule is C[C@@H]1CN(C(=O)C2CCc3c(C(=O)O)ccc4c(C5CCCCC5)c(-c5ccccc5)n2c34)C[C@H](C)O1. The minimum atomic E-state index is -0.897. The van der Waals surface area contributed by atoms with E-state index in [1.54, 1.807) is 6.07 Å². The molecule has 3 aromatic rings. The van der Waals surface area contributed by atoms with Crippen molar-refractivity contribution in [3.63, 3.8) is 0 Å². The molecule has 6 rings (SSSR count). The number of morpholine rings is 1. The van der Waals surface area contributed by atoms with Crippen LogP contribution in [0, 0.1) is 0 Å². The molecule has 0 spiro atoms. The molecule has 194 valence electrons. The summed E-state index contributed by atoms with van der Waals surface area (Å²) in [4.78, 5) is 28.4. The van der Waals surface area contributed by atoms with Crippen LogP contribution in [0.5, 0.6) is 0 Å². The van der Waals surface area contributed by atoms with Crippen molar-refractivity contribution in [2.24, 2.45) is 0 Å². The number of aryl methyl sites for hydroxylation is 1. The number of carboxylic acids is 1. The van der Waals surface area contributed by atoms with E-state index in [2.05, 4.69) is 28.8 Å². The van der Waals surface area contributed by atoms with E-state index in [1.165, 1.54) is 24.8 Å². The van der Waals surface area contributed by atoms with Gasteiger partial charge in [-0.2, -0.15) is 0 Å². The number of carbonyl (C=O) groups is 2. The summed E-state index contributed by atoms with van der Waals surface area (Å²) in [6.07, 6.45) is 7.12. The molecule has 1 amide bonds. The second kappa shape index (κ2) is 9.64. The van der Waals surface area contributed by atoms with E-state index in [-0.39, 0.29) is 24.2 Å². The topological polar surface area (TPSA) is 71.8 Å². The zero-order chi connectivity index (χ0) is 25.7. The van der Waals surface area contributed by atoms with Crippen molar-refractivity contribution in [1.82, 2.24) is 9.47 Å². The number of carboxylic acid groups (broad SMARTS) is 1. The molecule has 1 saturated carbocycles. The van der Waals surface area contributed by atoms with Gasteiger partial charge in [-0.3, -0.25) is 4.79 Å². The Morgan fingerprint density at radius 1 is 0.919 bits per heavy atom. The monoisotopic (exact) mass is 500 g/mol. The van der Waals surface area contributed by atoms with Crippen LogP contribution in [0.2, 0.25) is 0 Å². The fourth-order valence-electron chi connectivity index (χ4n) is 7.17. The Morgan fingerprint density at radius 3 is 2.30 bits per heavy atom. The normalized spacial score (nSPS) is 24.4. The van der Waals surface area contributed by atoms with Gasteiger partial charge in [-0.05, 0) is 68.2 Å². The molecule has 0 bridgehead atoms. The Labute approximate surface area is 218 Å². The maximum Gasteiger partial charge on any atom is 0.336 e. The highest BCUT2D eigenvalue weighted by molar-refractivity contribution is 6.03. The van der Waals surface area contributed by atoms with Crippen molar-refractivity contribution in [1.29, 1.82) is 0 Å². The van der Waals surface area contributed by atoms with Crippen molar-refractivity contribution in [2.75, 3.05) is 13.1 Å². The third kappa shape index (κ3) is 4.15. The Kier molecular flexibility index (Phi) is 6.31. The first kappa shape index (κ1) is 24.2. The lowest BCUT2D eigenvalue weighted by Crippen LogP contribution is -2.50. The Hall–Kier alpha value is -3.12. The maximum atomic E-state index is 14.2. The largest absolute Gasteiger partial charge is 0.478 e. The Morgan fingerprint density at radius 2 is 1.62 bits per heavy atom. The summed E-state index contributed by atoms with van der Waals surface area (Å²) < 4.78 is 8.16. The van der Waals surface area contributed by atoms with Gasteiger partial charge in [0.25, 0.3) is 0 Å². The van der Waals surface area contributed by atoms with Gasteiger partial charge in [0.1, 0.15) is 6.04 Å². The van der Waals surface area contributed by atoms with Crippen molar-refractivity contribution in [3.8, 4) is 11.3 Å². The minimum Gasteiger partial charge on any atom is -0.478 e. The van der Waals surface area contributed by atoms with Crippen molar-refractivity contribution >= 4 is 22.8 Å². The van der Waals surface area contributed by atoms with Gasteiger partial charge >= 0.3 is 5.97 Å². The minimum absolute atomic E-state index is 0.00161. The number of rotatable bonds is 4. The molecule has 1 aromatic heterocycles. The van der Waals surface area contributed by atoms with Crippen molar-refractivity contribution < 1.29 is 19.4 Å². The van der Waals surface area contributed by atoms with Crippen LogP contribution in [-0.2, 0) is 16.0 Å². The zero-order valence-corrected chi connectivity index (χ0v) is 21.8. The number of carbonyl (C=O) groups excluding carboxylic acids is 1. The second-order valence-corrected chi connectivity index (χ2v) is 11.2. The lowest BCUT2D eigenvalue weighted by molar-refractivity contribution is -0.146. The number of ether oxygens (including phenoxy) is 1. The molecule has 3 heterocycles. The van der Waals surface area contributed by atoms with E-state index in [0.717, 1.165) is 40.6 Å². The molecule has 6 nitrogen and oxygen atoms in total. The van der Waals surface area contributed by atoms with Gasteiger partial charge in [0.05, 0.1) is 29.0 Å². The average Bonchev–Trinajstić information content (AvgIpc) is 3.25. The van der Waals surface area contributed by atoms with Crippen LogP contribution in [0.15, 0.2) is 42.5 Å². The second-order valence-electron chi connectivity index (χ2n) is 11.2. The number of hydrogen-bond donors (Lipinski definition) is 1. The van der Waals surface area contributed by atoms with E-state index in [0.29, 0.717) is 37.4 Å². The third-order valence-electron chi connectivity index (χ3n) is 8.60. The molecule has 37 heavy (non-hydrogen) atoms. The number of aromatic nitrogens is 1. The summed E-state index contributed by atoms with van der Waals surface area (Å²) in [7, 11) is 0. The summed E-state index contributed by atoms with van der Waals surface area (Å²) in [5.74, 6) is -0.364. The number of nitrogens with zero attached hydrogens (tertiary/aromatic N) is 2. The summed E-state index contributed by atoms with van der Waals surface area (Å²) in [5, 5.41) is 11.2. The molecule has 0 radical (unpaired) electrons. The van der Waals surface area contributed by atoms with Gasteiger partial charge in [0, 0.05) is 18.5 Å². The van der Waals surface area contributed by atoms with E-state index in [9.17, 15) is 14.7 Å². The molecule has 1 saturated heterocycles. The van der Waals surface area contributed by atoms with Crippen LogP contribution in [0.1, 0.15) is 85.8 Å². The molecule has 3 aliphatic rings. The smallest absolute Gasteiger partial charge is 0.336 e. The highest BCUT2D eigenvalue weighted by Gasteiger charge is 2.39. The Bertz CT molecular complexity index is 1330. The van der Waals surface area contributed by atoms with E-state index in [1.807, 2.05) is 30.9 Å². The van der Waals surface area contributed by atoms with E-state index in [4.69, 9.17) is 4.74 Å². The van der Waals surface area contributed by atoms with Crippen LogP contribution >= 0.6 is 0 Å².